The van der Waals surface area contributed by atoms with Gasteiger partial charge in [-0.1, -0.05) is 22.9 Å². The van der Waals surface area contributed by atoms with Crippen LogP contribution in [0.3, 0.4) is 0 Å². The van der Waals surface area contributed by atoms with E-state index in [0.717, 1.165) is 28.8 Å². The first-order valence-electron chi connectivity index (χ1n) is 6.13. The second-order valence-corrected chi connectivity index (χ2v) is 4.95. The molecular formula is C13H16BrN3O2. The minimum Gasteiger partial charge on any atom is -0.486 e. The Labute approximate surface area is 120 Å². The molecule has 0 unspecified atom stereocenters. The predicted octanol–water partition coefficient (Wildman–Crippen LogP) is 2.52. The Morgan fingerprint density at radius 3 is 3.00 bits per heavy atom. The van der Waals surface area contributed by atoms with Crippen molar-refractivity contribution in [3.05, 3.63) is 40.4 Å². The zero-order valence-electron chi connectivity index (χ0n) is 10.7. The number of aliphatic hydroxyl groups is 1. The lowest BCUT2D eigenvalue weighted by Crippen LogP contribution is -2.08. The molecule has 19 heavy (non-hydrogen) atoms. The molecule has 2 aromatic rings. The molecule has 6 heteroatoms. The Morgan fingerprint density at radius 1 is 1.42 bits per heavy atom. The molecule has 5 nitrogen and oxygen atoms in total. The Bertz CT molecular complexity index is 542. The van der Waals surface area contributed by atoms with Gasteiger partial charge >= 0.3 is 0 Å². The van der Waals surface area contributed by atoms with Crippen LogP contribution >= 0.6 is 15.9 Å². The molecule has 0 saturated heterocycles. The Balaban J connectivity index is 2.04. The average molecular weight is 326 g/mol. The number of hydrogen-bond donors (Lipinski definition) is 1. The first-order chi connectivity index (χ1) is 9.24. The summed E-state index contributed by atoms with van der Waals surface area (Å²) in [7, 11) is 0. The van der Waals surface area contributed by atoms with Crippen LogP contribution in [0.25, 0.3) is 0 Å². The van der Waals surface area contributed by atoms with Crippen molar-refractivity contribution in [1.82, 2.24) is 14.8 Å². The van der Waals surface area contributed by atoms with Crippen molar-refractivity contribution < 1.29 is 9.84 Å². The molecule has 1 N–H and O–H groups in total. The first kappa shape index (κ1) is 14.0. The SMILES string of the molecule is CCCn1ncnc1COc1ccc(Br)c(CO)c1. The fraction of sp³-hybridized carbons (Fsp3) is 0.385. The molecule has 0 spiro atoms. The summed E-state index contributed by atoms with van der Waals surface area (Å²) in [6, 6.07) is 5.52. The fourth-order valence-corrected chi connectivity index (χ4v) is 2.08. The Kier molecular flexibility index (Phi) is 4.93. The van der Waals surface area contributed by atoms with Gasteiger partial charge in [0.15, 0.2) is 5.82 Å². The number of aryl methyl sites for hydroxylation is 1. The molecule has 0 aliphatic carbocycles. The summed E-state index contributed by atoms with van der Waals surface area (Å²) in [5, 5.41) is 13.3. The lowest BCUT2D eigenvalue weighted by atomic mass is 10.2. The van der Waals surface area contributed by atoms with Gasteiger partial charge < -0.3 is 9.84 Å². The molecule has 0 amide bonds. The van der Waals surface area contributed by atoms with E-state index in [4.69, 9.17) is 4.74 Å². The van der Waals surface area contributed by atoms with E-state index < -0.39 is 0 Å². The van der Waals surface area contributed by atoms with E-state index in [-0.39, 0.29) is 6.61 Å². The van der Waals surface area contributed by atoms with Gasteiger partial charge in [0.1, 0.15) is 18.7 Å². The van der Waals surface area contributed by atoms with Gasteiger partial charge in [0.25, 0.3) is 0 Å². The highest BCUT2D eigenvalue weighted by Crippen LogP contribution is 2.23. The predicted molar refractivity (Wildman–Crippen MR) is 74.7 cm³/mol. The minimum absolute atomic E-state index is 0.0240. The number of ether oxygens (including phenoxy) is 1. The molecule has 0 radical (unpaired) electrons. The van der Waals surface area contributed by atoms with Gasteiger partial charge in [-0.25, -0.2) is 9.67 Å². The molecule has 0 bridgehead atoms. The van der Waals surface area contributed by atoms with Crippen LogP contribution in [0.4, 0.5) is 0 Å². The van der Waals surface area contributed by atoms with E-state index in [1.54, 1.807) is 0 Å². The van der Waals surface area contributed by atoms with Crippen LogP contribution in [0, 0.1) is 0 Å². The summed E-state index contributed by atoms with van der Waals surface area (Å²) in [6.07, 6.45) is 2.54. The van der Waals surface area contributed by atoms with Crippen molar-refractivity contribution >= 4 is 15.9 Å². The molecule has 1 heterocycles. The number of halogens is 1. The van der Waals surface area contributed by atoms with Gasteiger partial charge in [-0.15, -0.1) is 0 Å². The van der Waals surface area contributed by atoms with Crippen LogP contribution in [0.15, 0.2) is 29.0 Å². The van der Waals surface area contributed by atoms with Crippen molar-refractivity contribution in [2.45, 2.75) is 33.1 Å². The summed E-state index contributed by atoms with van der Waals surface area (Å²) in [6.45, 7) is 3.27. The van der Waals surface area contributed by atoms with Gasteiger partial charge in [0.05, 0.1) is 6.61 Å². The Morgan fingerprint density at radius 2 is 2.26 bits per heavy atom. The van der Waals surface area contributed by atoms with Crippen LogP contribution in [-0.4, -0.2) is 19.9 Å². The maximum atomic E-state index is 9.20. The second kappa shape index (κ2) is 6.68. The zero-order valence-corrected chi connectivity index (χ0v) is 12.3. The fourth-order valence-electron chi connectivity index (χ4n) is 1.71. The number of aliphatic hydroxyl groups excluding tert-OH is 1. The van der Waals surface area contributed by atoms with Crippen LogP contribution in [0.5, 0.6) is 5.75 Å². The first-order valence-corrected chi connectivity index (χ1v) is 6.92. The number of rotatable bonds is 6. The molecule has 0 saturated carbocycles. The quantitative estimate of drug-likeness (QED) is 0.886. The van der Waals surface area contributed by atoms with E-state index in [1.165, 1.54) is 6.33 Å². The smallest absolute Gasteiger partial charge is 0.164 e. The van der Waals surface area contributed by atoms with Gasteiger partial charge in [-0.05, 0) is 30.2 Å². The number of nitrogens with zero attached hydrogens (tertiary/aromatic N) is 3. The average Bonchev–Trinajstić information content (AvgIpc) is 2.86. The lowest BCUT2D eigenvalue weighted by molar-refractivity contribution is 0.273. The largest absolute Gasteiger partial charge is 0.486 e. The topological polar surface area (TPSA) is 60.2 Å². The van der Waals surface area contributed by atoms with Crippen molar-refractivity contribution in [2.75, 3.05) is 0 Å². The van der Waals surface area contributed by atoms with Crippen LogP contribution in [-0.2, 0) is 19.8 Å². The molecule has 0 atom stereocenters. The van der Waals surface area contributed by atoms with Crippen molar-refractivity contribution in [2.24, 2.45) is 0 Å². The number of benzene rings is 1. The molecule has 1 aromatic heterocycles. The highest BCUT2D eigenvalue weighted by Gasteiger charge is 2.06. The third-order valence-corrected chi connectivity index (χ3v) is 3.46. The molecule has 0 aliphatic heterocycles. The van der Waals surface area contributed by atoms with Crippen molar-refractivity contribution in [3.8, 4) is 5.75 Å². The summed E-state index contributed by atoms with van der Waals surface area (Å²) in [4.78, 5) is 4.18. The number of hydrogen-bond acceptors (Lipinski definition) is 4. The molecule has 2 rings (SSSR count). The normalized spacial score (nSPS) is 10.7. The maximum Gasteiger partial charge on any atom is 0.164 e. The minimum atomic E-state index is -0.0240. The van der Waals surface area contributed by atoms with Gasteiger partial charge in [-0.3, -0.25) is 0 Å². The summed E-state index contributed by atoms with van der Waals surface area (Å²) < 4.78 is 8.39. The van der Waals surface area contributed by atoms with Gasteiger partial charge in [0.2, 0.25) is 0 Å². The molecular weight excluding hydrogens is 310 g/mol. The van der Waals surface area contributed by atoms with E-state index in [0.29, 0.717) is 12.4 Å². The van der Waals surface area contributed by atoms with Crippen LogP contribution in [0.2, 0.25) is 0 Å². The maximum absolute atomic E-state index is 9.20. The number of aromatic nitrogens is 3. The molecule has 102 valence electrons. The van der Waals surface area contributed by atoms with Gasteiger partial charge in [-0.2, -0.15) is 5.10 Å². The highest BCUT2D eigenvalue weighted by molar-refractivity contribution is 9.10. The molecule has 0 fully saturated rings. The van der Waals surface area contributed by atoms with E-state index >= 15 is 0 Å². The van der Waals surface area contributed by atoms with E-state index in [9.17, 15) is 5.11 Å². The van der Waals surface area contributed by atoms with Crippen LogP contribution in [0.1, 0.15) is 24.7 Å². The van der Waals surface area contributed by atoms with E-state index in [1.807, 2.05) is 22.9 Å². The van der Waals surface area contributed by atoms with Crippen molar-refractivity contribution in [1.29, 1.82) is 0 Å². The standard InChI is InChI=1S/C13H16BrN3O2/c1-2-5-17-13(15-9-16-17)8-19-11-3-4-12(14)10(6-11)7-18/h3-4,6,9,18H,2,5,7-8H2,1H3. The second-order valence-electron chi connectivity index (χ2n) is 4.10. The highest BCUT2D eigenvalue weighted by atomic mass is 79.9. The monoisotopic (exact) mass is 325 g/mol. The van der Waals surface area contributed by atoms with Crippen LogP contribution < -0.4 is 4.74 Å². The van der Waals surface area contributed by atoms with E-state index in [2.05, 4.69) is 32.9 Å². The summed E-state index contributed by atoms with van der Waals surface area (Å²) in [5.41, 5.74) is 0.799. The third kappa shape index (κ3) is 3.54. The molecule has 0 aliphatic rings. The van der Waals surface area contributed by atoms with Crippen molar-refractivity contribution in [3.63, 3.8) is 0 Å². The molecule has 1 aromatic carbocycles. The zero-order chi connectivity index (χ0) is 13.7. The van der Waals surface area contributed by atoms with Gasteiger partial charge in [0, 0.05) is 11.0 Å². The summed E-state index contributed by atoms with van der Waals surface area (Å²) in [5.74, 6) is 1.51. The Hall–Kier alpha value is -1.40. The lowest BCUT2D eigenvalue weighted by Gasteiger charge is -2.09. The summed E-state index contributed by atoms with van der Waals surface area (Å²) >= 11 is 3.37. The third-order valence-electron chi connectivity index (χ3n) is 2.69.